The van der Waals surface area contributed by atoms with Crippen molar-refractivity contribution in [2.45, 2.75) is 45.1 Å². The molecule has 0 bridgehead atoms. The Morgan fingerprint density at radius 1 is 1.12 bits per heavy atom. The van der Waals surface area contributed by atoms with Crippen molar-refractivity contribution in [3.63, 3.8) is 0 Å². The van der Waals surface area contributed by atoms with Crippen LogP contribution in [0.25, 0.3) is 11.0 Å². The molecule has 0 fully saturated rings. The van der Waals surface area contributed by atoms with Gasteiger partial charge < -0.3 is 26.2 Å². The first-order valence-electron chi connectivity index (χ1n) is 10.2. The van der Waals surface area contributed by atoms with Gasteiger partial charge in [-0.15, -0.1) is 0 Å². The van der Waals surface area contributed by atoms with Gasteiger partial charge in [-0.1, -0.05) is 19.1 Å². The van der Waals surface area contributed by atoms with Crippen LogP contribution in [-0.2, 0) is 28.9 Å². The maximum absolute atomic E-state index is 12.4. The second kappa shape index (κ2) is 9.90. The van der Waals surface area contributed by atoms with Gasteiger partial charge in [0.05, 0.1) is 5.69 Å². The number of carbonyl (C=O) groups is 3. The summed E-state index contributed by atoms with van der Waals surface area (Å²) in [5.74, 6) is -2.71. The van der Waals surface area contributed by atoms with Gasteiger partial charge in [0.25, 0.3) is 5.91 Å². The third kappa shape index (κ3) is 5.39. The lowest BCUT2D eigenvalue weighted by Crippen LogP contribution is -2.41. The van der Waals surface area contributed by atoms with E-state index in [9.17, 15) is 19.5 Å². The summed E-state index contributed by atoms with van der Waals surface area (Å²) in [6, 6.07) is 5.61. The van der Waals surface area contributed by atoms with E-state index in [2.05, 4.69) is 20.3 Å². The molecule has 10 heteroatoms. The molecule has 6 N–H and O–H groups in total. The number of benzene rings is 1. The molecule has 0 radical (unpaired) electrons. The number of fused-ring (bicyclic) bond motifs is 1. The Morgan fingerprint density at radius 2 is 1.84 bits per heavy atom. The average Bonchev–Trinajstić information content (AvgIpc) is 3.17. The van der Waals surface area contributed by atoms with Gasteiger partial charge in [-0.25, -0.2) is 9.78 Å². The zero-order valence-corrected chi connectivity index (χ0v) is 17.6. The molecule has 168 valence electrons. The van der Waals surface area contributed by atoms with Crippen molar-refractivity contribution in [2.75, 3.05) is 5.73 Å². The fourth-order valence-electron chi connectivity index (χ4n) is 3.52. The lowest BCUT2D eigenvalue weighted by atomic mass is 10.0. The summed E-state index contributed by atoms with van der Waals surface area (Å²) in [5.41, 5.74) is 9.76. The molecule has 1 atom stereocenters. The van der Waals surface area contributed by atoms with E-state index in [1.807, 2.05) is 25.3 Å². The van der Waals surface area contributed by atoms with Crippen LogP contribution in [0.2, 0.25) is 0 Å². The molecular formula is C22H25N5O5. The lowest BCUT2D eigenvalue weighted by Gasteiger charge is -2.13. The van der Waals surface area contributed by atoms with Crippen molar-refractivity contribution in [3.05, 3.63) is 52.8 Å². The van der Waals surface area contributed by atoms with Crippen LogP contribution >= 0.6 is 0 Å². The zero-order chi connectivity index (χ0) is 23.3. The molecule has 0 saturated heterocycles. The number of nitrogen functional groups attached to an aromatic ring is 1. The highest BCUT2D eigenvalue weighted by Gasteiger charge is 2.21. The number of hydrogen-bond donors (Lipinski definition) is 5. The number of aryl methyl sites for hydroxylation is 3. The molecule has 3 rings (SSSR count). The Hall–Kier alpha value is -3.95. The number of H-pyrrole nitrogens is 1. The summed E-state index contributed by atoms with van der Waals surface area (Å²) in [4.78, 5) is 46.0. The van der Waals surface area contributed by atoms with Crippen molar-refractivity contribution in [1.29, 1.82) is 0 Å². The molecular weight excluding hydrogens is 414 g/mol. The number of carboxylic acid groups (broad SMARTS) is 2. The van der Waals surface area contributed by atoms with Crippen molar-refractivity contribution in [1.82, 2.24) is 20.3 Å². The summed E-state index contributed by atoms with van der Waals surface area (Å²) < 4.78 is 0. The van der Waals surface area contributed by atoms with Gasteiger partial charge in [0.1, 0.15) is 11.7 Å². The first kappa shape index (κ1) is 22.7. The van der Waals surface area contributed by atoms with E-state index in [1.165, 1.54) is 0 Å². The largest absolute Gasteiger partial charge is 0.481 e. The first-order chi connectivity index (χ1) is 15.3. The normalized spacial score (nSPS) is 11.9. The minimum atomic E-state index is -1.27. The number of nitrogens with one attached hydrogen (secondary N) is 2. The van der Waals surface area contributed by atoms with Gasteiger partial charge >= 0.3 is 11.9 Å². The van der Waals surface area contributed by atoms with Crippen molar-refractivity contribution in [2.24, 2.45) is 0 Å². The highest BCUT2D eigenvalue weighted by Crippen LogP contribution is 2.23. The van der Waals surface area contributed by atoms with E-state index < -0.39 is 23.9 Å². The Morgan fingerprint density at radius 3 is 2.47 bits per heavy atom. The van der Waals surface area contributed by atoms with Crippen LogP contribution in [0.5, 0.6) is 0 Å². The van der Waals surface area contributed by atoms with E-state index in [1.54, 1.807) is 12.1 Å². The monoisotopic (exact) mass is 439 g/mol. The van der Waals surface area contributed by atoms with Crippen LogP contribution in [-0.4, -0.2) is 49.1 Å². The van der Waals surface area contributed by atoms with Crippen molar-refractivity contribution in [3.8, 4) is 0 Å². The van der Waals surface area contributed by atoms with Gasteiger partial charge in [0, 0.05) is 23.6 Å². The van der Waals surface area contributed by atoms with E-state index in [0.29, 0.717) is 11.2 Å². The van der Waals surface area contributed by atoms with Gasteiger partial charge in [-0.3, -0.25) is 9.59 Å². The predicted molar refractivity (Wildman–Crippen MR) is 117 cm³/mol. The van der Waals surface area contributed by atoms with Crippen LogP contribution < -0.4 is 11.1 Å². The van der Waals surface area contributed by atoms with Crippen molar-refractivity contribution >= 4 is 34.8 Å². The number of rotatable bonds is 10. The van der Waals surface area contributed by atoms with Gasteiger partial charge in [-0.2, -0.15) is 4.98 Å². The van der Waals surface area contributed by atoms with E-state index in [4.69, 9.17) is 10.8 Å². The van der Waals surface area contributed by atoms with E-state index in [-0.39, 0.29) is 18.8 Å². The number of aliphatic carboxylic acids is 2. The quantitative estimate of drug-likeness (QED) is 0.319. The summed E-state index contributed by atoms with van der Waals surface area (Å²) in [5, 5.41) is 21.3. The highest BCUT2D eigenvalue weighted by atomic mass is 16.4. The first-order valence-corrected chi connectivity index (χ1v) is 10.2. The fourth-order valence-corrected chi connectivity index (χ4v) is 3.52. The predicted octanol–water partition coefficient (Wildman–Crippen LogP) is 1.94. The second-order valence-corrected chi connectivity index (χ2v) is 7.41. The van der Waals surface area contributed by atoms with E-state index >= 15 is 0 Å². The SMILES string of the molecule is CCc1nc(N)nc2[nH]cc(CCc3ccc(C(=O)NC(CCC(=O)O)C(=O)O)cc3)c12. The third-order valence-corrected chi connectivity index (χ3v) is 5.19. The zero-order valence-electron chi connectivity index (χ0n) is 17.6. The number of hydrogen-bond acceptors (Lipinski definition) is 6. The van der Waals surface area contributed by atoms with Crippen LogP contribution in [0, 0.1) is 0 Å². The third-order valence-electron chi connectivity index (χ3n) is 5.19. The summed E-state index contributed by atoms with van der Waals surface area (Å²) in [7, 11) is 0. The Bertz CT molecular complexity index is 1140. The smallest absolute Gasteiger partial charge is 0.326 e. The topological polar surface area (TPSA) is 171 Å². The number of nitrogens with two attached hydrogens (primary N) is 1. The molecule has 0 aliphatic carbocycles. The summed E-state index contributed by atoms with van der Waals surface area (Å²) >= 11 is 0. The second-order valence-electron chi connectivity index (χ2n) is 7.41. The number of carbonyl (C=O) groups excluding carboxylic acids is 1. The molecule has 1 unspecified atom stereocenters. The Balaban J connectivity index is 1.65. The minimum absolute atomic E-state index is 0.186. The molecule has 0 aliphatic rings. The Kier molecular flexibility index (Phi) is 7.04. The van der Waals surface area contributed by atoms with Crippen molar-refractivity contribution < 1.29 is 24.6 Å². The van der Waals surface area contributed by atoms with E-state index in [0.717, 1.165) is 41.5 Å². The average molecular weight is 439 g/mol. The molecule has 10 nitrogen and oxygen atoms in total. The summed E-state index contributed by atoms with van der Waals surface area (Å²) in [6.07, 6.45) is 3.57. The molecule has 0 spiro atoms. The number of amides is 1. The van der Waals surface area contributed by atoms with Gasteiger partial charge in [0.15, 0.2) is 0 Å². The molecule has 2 heterocycles. The number of anilines is 1. The number of aromatic nitrogens is 3. The molecule has 0 saturated carbocycles. The maximum atomic E-state index is 12.4. The van der Waals surface area contributed by atoms with Crippen LogP contribution in [0.15, 0.2) is 30.5 Å². The van der Waals surface area contributed by atoms with Crippen LogP contribution in [0.3, 0.4) is 0 Å². The van der Waals surface area contributed by atoms with Crippen LogP contribution in [0.4, 0.5) is 5.95 Å². The minimum Gasteiger partial charge on any atom is -0.481 e. The Labute approximate surface area is 183 Å². The number of carboxylic acids is 2. The summed E-state index contributed by atoms with van der Waals surface area (Å²) in [6.45, 7) is 2.01. The molecule has 32 heavy (non-hydrogen) atoms. The lowest BCUT2D eigenvalue weighted by molar-refractivity contribution is -0.140. The van der Waals surface area contributed by atoms with Gasteiger partial charge in [0.2, 0.25) is 5.95 Å². The molecule has 1 aromatic carbocycles. The molecule has 0 aliphatic heterocycles. The maximum Gasteiger partial charge on any atom is 0.326 e. The molecule has 2 aromatic heterocycles. The highest BCUT2D eigenvalue weighted by molar-refractivity contribution is 5.96. The number of nitrogens with zero attached hydrogens (tertiary/aromatic N) is 2. The number of aromatic amines is 1. The fraction of sp³-hybridized carbons (Fsp3) is 0.318. The van der Waals surface area contributed by atoms with Gasteiger partial charge in [-0.05, 0) is 48.9 Å². The molecule has 1 amide bonds. The standard InChI is InChI=1S/C22H25N5O5/c1-2-15-18-14(11-24-19(18)27-22(23)26-15)8-5-12-3-6-13(7-4-12)20(30)25-16(21(31)32)9-10-17(28)29/h3-4,6-7,11,16H,2,5,8-10H2,1H3,(H,25,30)(H,28,29)(H,31,32)(H3,23,24,26,27). The van der Waals surface area contributed by atoms with Crippen LogP contribution in [0.1, 0.15) is 46.9 Å². The molecule has 3 aromatic rings.